The molecule has 6 rings (SSSR count). The highest BCUT2D eigenvalue weighted by Gasteiger charge is 2.30. The molecule has 0 aliphatic rings. The number of nitrogens with zero attached hydrogens (tertiary/aromatic N) is 5. The minimum absolute atomic E-state index is 0.0330. The lowest BCUT2D eigenvalue weighted by atomic mass is 10.2. The third-order valence-electron chi connectivity index (χ3n) is 10.3. The number of pyridine rings is 2. The Labute approximate surface area is 424 Å². The molecule has 0 aliphatic heterocycles. The van der Waals surface area contributed by atoms with Crippen LogP contribution in [0.3, 0.4) is 0 Å². The lowest BCUT2D eigenvalue weighted by Crippen LogP contribution is -2.55. The number of ether oxygens (including phenoxy) is 1. The summed E-state index contributed by atoms with van der Waals surface area (Å²) in [6.45, 7) is -0.806. The molecule has 16 nitrogen and oxygen atoms in total. The molecule has 4 aromatic carbocycles. The van der Waals surface area contributed by atoms with E-state index in [2.05, 4.69) is 36.8 Å². The Kier molecular flexibility index (Phi) is 21.9. The zero-order valence-corrected chi connectivity index (χ0v) is 40.5. The van der Waals surface area contributed by atoms with Gasteiger partial charge < -0.3 is 15.4 Å². The molecule has 5 N–H and O–H groups in total. The molecular weight excluding hydrogens is 1020 g/mol. The Morgan fingerprint density at radius 2 is 1.19 bits per heavy atom. The topological polar surface area (TPSA) is 182 Å². The van der Waals surface area contributed by atoms with Crippen molar-refractivity contribution in [2.24, 2.45) is 0 Å². The van der Waals surface area contributed by atoms with Crippen molar-refractivity contribution in [2.75, 3.05) is 49.8 Å². The van der Waals surface area contributed by atoms with Gasteiger partial charge in [-0.15, -0.1) is 0 Å². The van der Waals surface area contributed by atoms with E-state index >= 15 is 0 Å². The van der Waals surface area contributed by atoms with Crippen LogP contribution in [0.25, 0.3) is 21.5 Å². The molecule has 0 saturated carbocycles. The van der Waals surface area contributed by atoms with E-state index in [1.807, 2.05) is 48.5 Å². The molecule has 0 spiro atoms. The van der Waals surface area contributed by atoms with E-state index in [0.29, 0.717) is 17.5 Å². The van der Waals surface area contributed by atoms with Crippen LogP contribution >= 0.6 is 23.2 Å². The summed E-state index contributed by atoms with van der Waals surface area (Å²) in [7, 11) is 0. The number of anilines is 2. The number of carbonyl (C=O) groups excluding carboxylic acids is 4. The van der Waals surface area contributed by atoms with E-state index in [1.165, 1.54) is 44.2 Å². The zero-order valence-electron chi connectivity index (χ0n) is 38.9. The normalized spacial score (nSPS) is 12.2. The fraction of sp³-hybridized carbons (Fsp3) is 0.292. The number of benzene rings is 4. The minimum atomic E-state index is -4.49. The summed E-state index contributed by atoms with van der Waals surface area (Å²) in [4.78, 5) is 62.8. The van der Waals surface area contributed by atoms with E-state index in [9.17, 15) is 49.9 Å². The molecule has 0 unspecified atom stereocenters. The highest BCUT2D eigenvalue weighted by atomic mass is 35.5. The number of hydrazine groups is 2. The largest absolute Gasteiger partial charge is 0.447 e. The van der Waals surface area contributed by atoms with Crippen molar-refractivity contribution in [1.82, 2.24) is 41.5 Å². The first-order chi connectivity index (χ1) is 34.8. The highest BCUT2D eigenvalue weighted by Crippen LogP contribution is 2.23. The first-order valence-corrected chi connectivity index (χ1v) is 22.8. The summed E-state index contributed by atoms with van der Waals surface area (Å²) in [5.41, 5.74) is 6.29. The molecule has 25 heteroatoms. The second-order valence-electron chi connectivity index (χ2n) is 15.7. The number of halogens is 9. The summed E-state index contributed by atoms with van der Waals surface area (Å²) in [5.74, 6) is -1.92. The lowest BCUT2D eigenvalue weighted by molar-refractivity contribution is -0.138. The maximum atomic E-state index is 13.8. The van der Waals surface area contributed by atoms with E-state index < -0.39 is 67.3 Å². The van der Waals surface area contributed by atoms with E-state index in [1.54, 1.807) is 30.6 Å². The molecule has 0 bridgehead atoms. The SMILES string of the molecule is CC(=O)N(NCc1cccc(F)c1Cl)[C@@H](CNCC(F)(F)F)CON(C=O)c1cc2ccccc2cn1.CC(=O)N(NCc1cccc(F)c1Cl)[C@@H](CNCC(F)F)COC(=O)Nc1cc2ccccc2cn1. The lowest BCUT2D eigenvalue weighted by Gasteiger charge is -2.32. The van der Waals surface area contributed by atoms with Crippen LogP contribution in [-0.2, 0) is 37.0 Å². The van der Waals surface area contributed by atoms with Crippen LogP contribution in [0.4, 0.5) is 47.2 Å². The number of hydrogen-bond donors (Lipinski definition) is 5. The Morgan fingerprint density at radius 1 is 0.685 bits per heavy atom. The summed E-state index contributed by atoms with van der Waals surface area (Å²) in [6.07, 6.45) is -4.44. The van der Waals surface area contributed by atoms with Crippen molar-refractivity contribution in [1.29, 1.82) is 0 Å². The van der Waals surface area contributed by atoms with Crippen molar-refractivity contribution < 1.29 is 59.5 Å². The quantitative estimate of drug-likeness (QED) is 0.0235. The third kappa shape index (κ3) is 18.1. The first kappa shape index (κ1) is 57.2. The van der Waals surface area contributed by atoms with Crippen molar-refractivity contribution in [2.45, 2.75) is 51.6 Å². The fourth-order valence-electron chi connectivity index (χ4n) is 6.87. The van der Waals surface area contributed by atoms with Gasteiger partial charge in [0.15, 0.2) is 5.82 Å². The van der Waals surface area contributed by atoms with Gasteiger partial charge in [0.2, 0.25) is 18.2 Å². The minimum Gasteiger partial charge on any atom is -0.447 e. The Morgan fingerprint density at radius 3 is 1.71 bits per heavy atom. The van der Waals surface area contributed by atoms with Gasteiger partial charge in [0.1, 0.15) is 24.1 Å². The average molecular weight is 1070 g/mol. The maximum Gasteiger partial charge on any atom is 0.412 e. The summed E-state index contributed by atoms with van der Waals surface area (Å²) < 4.78 is 96.3. The van der Waals surface area contributed by atoms with Crippen LogP contribution < -0.4 is 31.9 Å². The summed E-state index contributed by atoms with van der Waals surface area (Å²) >= 11 is 11.9. The van der Waals surface area contributed by atoms with Crippen LogP contribution in [0.5, 0.6) is 0 Å². The van der Waals surface area contributed by atoms with Crippen LogP contribution in [0.15, 0.2) is 109 Å². The first-order valence-electron chi connectivity index (χ1n) is 22.0. The molecule has 2 heterocycles. The molecule has 2 atom stereocenters. The third-order valence-corrected chi connectivity index (χ3v) is 11.2. The molecule has 73 heavy (non-hydrogen) atoms. The molecule has 2 aromatic heterocycles. The molecular formula is C48H49Cl2F7N10O6. The number of hydrogen-bond acceptors (Lipinski definition) is 12. The maximum absolute atomic E-state index is 13.8. The second-order valence-corrected chi connectivity index (χ2v) is 16.5. The van der Waals surface area contributed by atoms with Gasteiger partial charge in [0, 0.05) is 63.2 Å². The molecule has 0 fully saturated rings. The van der Waals surface area contributed by atoms with Gasteiger partial charge in [-0.1, -0.05) is 96.0 Å². The van der Waals surface area contributed by atoms with Gasteiger partial charge in [0.25, 0.3) is 6.43 Å². The monoisotopic (exact) mass is 1060 g/mol. The summed E-state index contributed by atoms with van der Waals surface area (Å²) in [5, 5.41) is 13.4. The Bertz CT molecular complexity index is 2800. The number of carbonyl (C=O) groups is 4. The van der Waals surface area contributed by atoms with Gasteiger partial charge in [-0.2, -0.15) is 18.2 Å². The van der Waals surface area contributed by atoms with Crippen molar-refractivity contribution in [3.05, 3.63) is 142 Å². The molecule has 6 aromatic rings. The van der Waals surface area contributed by atoms with Gasteiger partial charge in [0.05, 0.1) is 41.8 Å². The van der Waals surface area contributed by atoms with E-state index in [-0.39, 0.29) is 61.1 Å². The molecule has 4 amide bonds. The molecule has 0 radical (unpaired) electrons. The van der Waals surface area contributed by atoms with Crippen LogP contribution in [-0.4, -0.2) is 108 Å². The second kappa shape index (κ2) is 27.9. The Hall–Kier alpha value is -6.73. The fourth-order valence-corrected chi connectivity index (χ4v) is 7.25. The number of fused-ring (bicyclic) bond motifs is 2. The smallest absolute Gasteiger partial charge is 0.412 e. The van der Waals surface area contributed by atoms with Gasteiger partial charge in [-0.25, -0.2) is 43.2 Å². The predicted octanol–water partition coefficient (Wildman–Crippen LogP) is 8.35. The van der Waals surface area contributed by atoms with Crippen LogP contribution in [0, 0.1) is 11.6 Å². The van der Waals surface area contributed by atoms with Crippen molar-refractivity contribution in [3.63, 3.8) is 0 Å². The zero-order chi connectivity index (χ0) is 53.1. The average Bonchev–Trinajstić information content (AvgIpc) is 3.35. The van der Waals surface area contributed by atoms with Crippen LogP contribution in [0.1, 0.15) is 25.0 Å². The number of nitrogens with one attached hydrogen (secondary N) is 5. The van der Waals surface area contributed by atoms with Gasteiger partial charge >= 0.3 is 12.3 Å². The van der Waals surface area contributed by atoms with Crippen LogP contribution in [0.2, 0.25) is 10.0 Å². The highest BCUT2D eigenvalue weighted by molar-refractivity contribution is 6.31. The van der Waals surface area contributed by atoms with Gasteiger partial charge in [-0.3, -0.25) is 34.6 Å². The number of rotatable bonds is 23. The standard InChI is InChI=1S/C24H24ClF4N5O3.C24H25ClF3N5O3/c1-16(36)34(32-11-19-7-4-8-21(26)23(19)25)20(12-30-14-24(27,28)29)13-37-33(15-35)22-9-17-5-2-3-6-18(17)10-31-22;1-15(34)33(31-11-18-7-4-8-20(26)23(18)25)19(12-29-13-21(27)28)14-36-24(35)32-22-9-16-5-2-3-6-17(16)10-30-22/h2-10,15,20,30,32H,11-14H2,1H3;2-10,19,21,29,31H,11-14H2,1H3,(H,30,32,35)/t20-;19-/m00/s1. The van der Waals surface area contributed by atoms with E-state index in [0.717, 1.165) is 36.6 Å². The number of amides is 4. The number of alkyl halides is 5. The molecule has 390 valence electrons. The summed E-state index contributed by atoms with van der Waals surface area (Å²) in [6, 6.07) is 24.5. The van der Waals surface area contributed by atoms with Crippen molar-refractivity contribution >= 4 is 80.7 Å². The van der Waals surface area contributed by atoms with Crippen molar-refractivity contribution in [3.8, 4) is 0 Å². The molecule has 0 aliphatic carbocycles. The number of hydroxylamine groups is 1. The molecule has 0 saturated heterocycles. The predicted molar refractivity (Wildman–Crippen MR) is 260 cm³/mol. The van der Waals surface area contributed by atoms with Gasteiger partial charge in [-0.05, 0) is 46.2 Å². The van der Waals surface area contributed by atoms with E-state index in [4.69, 9.17) is 32.8 Å². The number of aromatic nitrogens is 2. The Balaban J connectivity index is 0.000000271.